The van der Waals surface area contributed by atoms with Crippen LogP contribution in [0.4, 0.5) is 5.69 Å². The molecular weight excluding hydrogens is 330 g/mol. The Kier molecular flexibility index (Phi) is 4.37. The number of hydrogen-bond acceptors (Lipinski definition) is 6. The number of nitrogens with one attached hydrogen (secondary N) is 1. The second-order valence-corrected chi connectivity index (χ2v) is 7.30. The number of nitrogens with two attached hydrogens (primary N) is 1. The first-order chi connectivity index (χ1) is 11.4. The van der Waals surface area contributed by atoms with Crippen molar-refractivity contribution >= 4 is 21.5 Å². The average molecular weight is 349 g/mol. The minimum Gasteiger partial charge on any atom is -0.379 e. The molecule has 128 valence electrons. The molecule has 0 unspecified atom stereocenters. The van der Waals surface area contributed by atoms with E-state index < -0.39 is 10.0 Å². The van der Waals surface area contributed by atoms with Gasteiger partial charge in [-0.3, -0.25) is 4.79 Å². The smallest absolute Gasteiger partial charge is 0.240 e. The number of hydrogen-bond donors (Lipinski definition) is 2. The van der Waals surface area contributed by atoms with Gasteiger partial charge in [-0.2, -0.15) is 5.10 Å². The van der Waals surface area contributed by atoms with Crippen LogP contribution in [-0.4, -0.2) is 35.0 Å². The highest BCUT2D eigenvalue weighted by Gasteiger charge is 2.23. The van der Waals surface area contributed by atoms with Crippen molar-refractivity contribution < 1.29 is 13.2 Å². The van der Waals surface area contributed by atoms with E-state index in [0.29, 0.717) is 24.2 Å². The molecule has 0 aliphatic carbocycles. The number of anilines is 1. The molecule has 1 aliphatic heterocycles. The van der Waals surface area contributed by atoms with Crippen molar-refractivity contribution in [3.8, 4) is 0 Å². The molecule has 1 aliphatic rings. The lowest BCUT2D eigenvalue weighted by molar-refractivity contribution is 0.0988. The van der Waals surface area contributed by atoms with Crippen molar-refractivity contribution in [2.45, 2.75) is 43.7 Å². The molecule has 3 rings (SSSR count). The number of carbonyl (C=O) groups excluding carboxylic acids is 1. The molecule has 24 heavy (non-hydrogen) atoms. The van der Waals surface area contributed by atoms with Crippen LogP contribution < -0.4 is 10.5 Å². The van der Waals surface area contributed by atoms with Gasteiger partial charge in [0.05, 0.1) is 12.2 Å². The number of Topliss-reactive ketones (excluding diaryl/α,β-unsaturated/α-hetero) is 1. The van der Waals surface area contributed by atoms with Gasteiger partial charge in [0.1, 0.15) is 17.0 Å². The minimum absolute atomic E-state index is 0.00688. The quantitative estimate of drug-likeness (QED) is 0.775. The summed E-state index contributed by atoms with van der Waals surface area (Å²) in [6, 6.07) is 4.56. The highest BCUT2D eigenvalue weighted by Crippen LogP contribution is 2.25. The fourth-order valence-corrected chi connectivity index (χ4v) is 3.55. The Balaban J connectivity index is 1.89. The molecule has 0 saturated carbocycles. The fourth-order valence-electron chi connectivity index (χ4n) is 2.83. The van der Waals surface area contributed by atoms with Gasteiger partial charge in [-0.15, -0.1) is 0 Å². The molecule has 2 aromatic rings. The number of fused-ring (bicyclic) bond motifs is 1. The first-order valence-electron chi connectivity index (χ1n) is 7.71. The summed E-state index contributed by atoms with van der Waals surface area (Å²) in [5, 5.41) is 12.7. The normalized spacial score (nSPS) is 17.3. The van der Waals surface area contributed by atoms with E-state index in [0.717, 1.165) is 18.7 Å². The van der Waals surface area contributed by atoms with Crippen LogP contribution in [0.15, 0.2) is 29.4 Å². The zero-order valence-electron chi connectivity index (χ0n) is 13.3. The predicted octanol–water partition coefficient (Wildman–Crippen LogP) is 0.945. The average Bonchev–Trinajstić information content (AvgIpc) is 3.01. The second-order valence-electron chi connectivity index (χ2n) is 5.77. The van der Waals surface area contributed by atoms with Gasteiger partial charge in [0.25, 0.3) is 0 Å². The van der Waals surface area contributed by atoms with Gasteiger partial charge in [0.15, 0.2) is 5.78 Å². The van der Waals surface area contributed by atoms with Crippen LogP contribution in [0.3, 0.4) is 0 Å². The van der Waals surface area contributed by atoms with Gasteiger partial charge >= 0.3 is 0 Å². The molecule has 3 N–H and O–H groups in total. The molecule has 1 atom stereocenters. The standard InChI is InChI=1S/C15H19N5O3S/c1-2-13(21)10-3-5-12(14(7-10)24(16,22)23)19-11-4-6-15-17-9-18-20(15)8-11/h3,5,7,9,11,19H,2,4,6,8H2,1H3,(H2,16,22,23)/t11-/m0/s1. The first kappa shape index (κ1) is 16.6. The lowest BCUT2D eigenvalue weighted by atomic mass is 10.1. The van der Waals surface area contributed by atoms with Gasteiger partial charge in [-0.1, -0.05) is 6.92 Å². The van der Waals surface area contributed by atoms with Crippen LogP contribution in [0.2, 0.25) is 0 Å². The largest absolute Gasteiger partial charge is 0.379 e. The Morgan fingerprint density at radius 1 is 1.46 bits per heavy atom. The monoisotopic (exact) mass is 349 g/mol. The molecule has 1 aromatic heterocycles. The molecular formula is C15H19N5O3S. The van der Waals surface area contributed by atoms with Crippen LogP contribution in [0.5, 0.6) is 0 Å². The highest BCUT2D eigenvalue weighted by atomic mass is 32.2. The van der Waals surface area contributed by atoms with E-state index in [1.54, 1.807) is 23.7 Å². The number of sulfonamides is 1. The number of benzene rings is 1. The summed E-state index contributed by atoms with van der Waals surface area (Å²) in [7, 11) is -3.95. The molecule has 0 fully saturated rings. The maximum atomic E-state index is 11.9. The summed E-state index contributed by atoms with van der Waals surface area (Å²) in [6.07, 6.45) is 3.38. The number of carbonyl (C=O) groups is 1. The van der Waals surface area contributed by atoms with Crippen LogP contribution in [0.1, 0.15) is 35.9 Å². The van der Waals surface area contributed by atoms with Gasteiger partial charge in [-0.05, 0) is 24.6 Å². The van der Waals surface area contributed by atoms with E-state index in [2.05, 4.69) is 15.4 Å². The van der Waals surface area contributed by atoms with Crippen molar-refractivity contribution in [1.82, 2.24) is 14.8 Å². The highest BCUT2D eigenvalue weighted by molar-refractivity contribution is 7.89. The fraction of sp³-hybridized carbons (Fsp3) is 0.400. The Morgan fingerprint density at radius 2 is 2.25 bits per heavy atom. The van der Waals surface area contributed by atoms with Crippen molar-refractivity contribution in [2.24, 2.45) is 5.14 Å². The molecule has 8 nitrogen and oxygen atoms in total. The van der Waals surface area contributed by atoms with Gasteiger partial charge in [-0.25, -0.2) is 23.2 Å². The third kappa shape index (κ3) is 3.31. The third-order valence-corrected chi connectivity index (χ3v) is 5.05. The van der Waals surface area contributed by atoms with E-state index in [1.807, 2.05) is 0 Å². The number of ketones is 1. The van der Waals surface area contributed by atoms with Crippen molar-refractivity contribution in [2.75, 3.05) is 5.32 Å². The van der Waals surface area contributed by atoms with E-state index in [1.165, 1.54) is 12.4 Å². The van der Waals surface area contributed by atoms with E-state index in [9.17, 15) is 13.2 Å². The molecule has 0 spiro atoms. The van der Waals surface area contributed by atoms with E-state index >= 15 is 0 Å². The first-order valence-corrected chi connectivity index (χ1v) is 9.26. The summed E-state index contributed by atoms with van der Waals surface area (Å²) >= 11 is 0. The summed E-state index contributed by atoms with van der Waals surface area (Å²) < 4.78 is 25.6. The maximum Gasteiger partial charge on any atom is 0.240 e. The number of aromatic nitrogens is 3. The Bertz CT molecular complexity index is 875. The van der Waals surface area contributed by atoms with Crippen molar-refractivity contribution in [3.05, 3.63) is 35.9 Å². The van der Waals surface area contributed by atoms with Gasteiger partial charge in [0.2, 0.25) is 10.0 Å². The molecule has 9 heteroatoms. The summed E-state index contributed by atoms with van der Waals surface area (Å²) in [5.74, 6) is 0.792. The van der Waals surface area contributed by atoms with Crippen molar-refractivity contribution in [1.29, 1.82) is 0 Å². The molecule has 2 heterocycles. The minimum atomic E-state index is -3.95. The van der Waals surface area contributed by atoms with E-state index in [-0.39, 0.29) is 16.7 Å². The number of primary sulfonamides is 1. The summed E-state index contributed by atoms with van der Waals surface area (Å²) in [6.45, 7) is 2.32. The summed E-state index contributed by atoms with van der Waals surface area (Å²) in [5.41, 5.74) is 0.744. The van der Waals surface area contributed by atoms with Crippen LogP contribution in [0, 0.1) is 0 Å². The van der Waals surface area contributed by atoms with Crippen LogP contribution in [0.25, 0.3) is 0 Å². The molecule has 0 saturated heterocycles. The molecule has 0 radical (unpaired) electrons. The zero-order valence-corrected chi connectivity index (χ0v) is 14.1. The lowest BCUT2D eigenvalue weighted by Gasteiger charge is -2.25. The second kappa shape index (κ2) is 6.33. The maximum absolute atomic E-state index is 11.9. The lowest BCUT2D eigenvalue weighted by Crippen LogP contribution is -2.32. The Hall–Kier alpha value is -2.26. The Morgan fingerprint density at radius 3 is 2.96 bits per heavy atom. The summed E-state index contributed by atoms with van der Waals surface area (Å²) in [4.78, 5) is 15.9. The van der Waals surface area contributed by atoms with Crippen LogP contribution >= 0.6 is 0 Å². The molecule has 1 aromatic carbocycles. The zero-order chi connectivity index (χ0) is 17.3. The van der Waals surface area contributed by atoms with Gasteiger partial charge in [0, 0.05) is 24.4 Å². The SMILES string of the molecule is CCC(=O)c1ccc(N[C@H]2CCc3ncnn3C2)c(S(N)(=O)=O)c1. The van der Waals surface area contributed by atoms with E-state index in [4.69, 9.17) is 5.14 Å². The predicted molar refractivity (Wildman–Crippen MR) is 88.2 cm³/mol. The topological polar surface area (TPSA) is 120 Å². The molecule has 0 bridgehead atoms. The molecule has 0 amide bonds. The number of nitrogens with zero attached hydrogens (tertiary/aromatic N) is 3. The third-order valence-electron chi connectivity index (χ3n) is 4.10. The number of rotatable bonds is 5. The Labute approximate surface area is 140 Å². The van der Waals surface area contributed by atoms with Gasteiger partial charge < -0.3 is 5.32 Å². The van der Waals surface area contributed by atoms with Crippen LogP contribution in [-0.2, 0) is 23.0 Å². The number of aryl methyl sites for hydroxylation is 1. The van der Waals surface area contributed by atoms with Crippen molar-refractivity contribution in [3.63, 3.8) is 0 Å².